The summed E-state index contributed by atoms with van der Waals surface area (Å²) in [5, 5.41) is 5.91. The van der Waals surface area contributed by atoms with Gasteiger partial charge in [-0.05, 0) is 60.2 Å². The largest absolute Gasteiger partial charge is 0.397 e. The number of hydrogen-bond acceptors (Lipinski definition) is 4. The van der Waals surface area contributed by atoms with Gasteiger partial charge in [0.15, 0.2) is 0 Å². The second-order valence-corrected chi connectivity index (χ2v) is 9.76. The summed E-state index contributed by atoms with van der Waals surface area (Å²) in [7, 11) is 0. The lowest BCUT2D eigenvalue weighted by Gasteiger charge is -2.18. The molecule has 0 aromatic heterocycles. The maximum atomic E-state index is 12.0. The number of aryl methyl sites for hydroxylation is 1. The minimum absolute atomic E-state index is 0.252. The SMILES string of the molecule is CCCNC(C=O)c1ccc(/C=C/C(=O)Nc2ccccc2N)cc1.Cc1ccc(C(C)(C)C)cc1. The molecule has 5 nitrogen and oxygen atoms in total. The molecule has 1 unspecified atom stereocenters. The van der Waals surface area contributed by atoms with E-state index in [2.05, 4.69) is 69.5 Å². The molecule has 1 atom stereocenters. The van der Waals surface area contributed by atoms with Crippen molar-refractivity contribution < 1.29 is 9.59 Å². The fourth-order valence-corrected chi connectivity index (χ4v) is 3.37. The van der Waals surface area contributed by atoms with Crippen LogP contribution in [-0.4, -0.2) is 18.7 Å². The number of rotatable bonds is 8. The van der Waals surface area contributed by atoms with Crippen molar-refractivity contribution >= 4 is 29.6 Å². The summed E-state index contributed by atoms with van der Waals surface area (Å²) >= 11 is 0. The van der Waals surface area contributed by atoms with Crippen LogP contribution in [0.2, 0.25) is 0 Å². The molecule has 36 heavy (non-hydrogen) atoms. The van der Waals surface area contributed by atoms with E-state index in [4.69, 9.17) is 5.73 Å². The van der Waals surface area contributed by atoms with Crippen molar-refractivity contribution in [3.63, 3.8) is 0 Å². The van der Waals surface area contributed by atoms with Gasteiger partial charge in [0.2, 0.25) is 5.91 Å². The monoisotopic (exact) mass is 485 g/mol. The van der Waals surface area contributed by atoms with Crippen LogP contribution in [0.15, 0.2) is 78.9 Å². The number of hydrogen-bond donors (Lipinski definition) is 3. The van der Waals surface area contributed by atoms with Gasteiger partial charge in [-0.15, -0.1) is 0 Å². The Morgan fingerprint density at radius 3 is 2.17 bits per heavy atom. The first-order chi connectivity index (χ1) is 17.1. The molecule has 5 heteroatoms. The van der Waals surface area contributed by atoms with Crippen molar-refractivity contribution in [3.8, 4) is 0 Å². The Morgan fingerprint density at radius 1 is 0.972 bits per heavy atom. The second kappa shape index (κ2) is 14.0. The summed E-state index contributed by atoms with van der Waals surface area (Å²) < 4.78 is 0. The third kappa shape index (κ3) is 9.51. The van der Waals surface area contributed by atoms with Gasteiger partial charge in [0.1, 0.15) is 6.29 Å². The average molecular weight is 486 g/mol. The number of carbonyl (C=O) groups excluding carboxylic acids is 2. The van der Waals surface area contributed by atoms with Gasteiger partial charge >= 0.3 is 0 Å². The van der Waals surface area contributed by atoms with Gasteiger partial charge in [-0.25, -0.2) is 0 Å². The standard InChI is InChI=1S/C20H23N3O2.C11H16/c1-2-13-22-19(14-24)16-10-7-15(8-11-16)9-12-20(25)23-18-6-4-3-5-17(18)21;1-9-5-7-10(8-6-9)11(2,3)4/h3-12,14,19,22H,2,13,21H2,1H3,(H,23,25);5-8H,1-4H3/b12-9+;. The van der Waals surface area contributed by atoms with E-state index in [9.17, 15) is 9.59 Å². The van der Waals surface area contributed by atoms with E-state index in [1.54, 1.807) is 18.2 Å². The van der Waals surface area contributed by atoms with Crippen molar-refractivity contribution in [2.75, 3.05) is 17.6 Å². The van der Waals surface area contributed by atoms with Crippen molar-refractivity contribution in [1.29, 1.82) is 0 Å². The normalized spacial score (nSPS) is 11.9. The molecule has 3 aromatic carbocycles. The molecule has 0 heterocycles. The molecule has 0 aliphatic carbocycles. The van der Waals surface area contributed by atoms with Gasteiger partial charge in [0.25, 0.3) is 0 Å². The first-order valence-electron chi connectivity index (χ1n) is 12.3. The Bertz CT molecular complexity index is 1130. The van der Waals surface area contributed by atoms with Crippen LogP contribution in [0.4, 0.5) is 11.4 Å². The molecule has 190 valence electrons. The van der Waals surface area contributed by atoms with Crippen LogP contribution >= 0.6 is 0 Å². The molecule has 0 spiro atoms. The number of para-hydroxylation sites is 2. The first-order valence-corrected chi connectivity index (χ1v) is 12.3. The Morgan fingerprint density at radius 2 is 1.61 bits per heavy atom. The van der Waals surface area contributed by atoms with Crippen LogP contribution in [0.3, 0.4) is 0 Å². The minimum atomic E-state index is -0.303. The molecule has 0 bridgehead atoms. The summed E-state index contributed by atoms with van der Waals surface area (Å²) in [6.45, 7) is 11.7. The Labute approximate surface area is 215 Å². The highest BCUT2D eigenvalue weighted by atomic mass is 16.1. The second-order valence-electron chi connectivity index (χ2n) is 9.76. The van der Waals surface area contributed by atoms with Gasteiger partial charge in [-0.2, -0.15) is 0 Å². The lowest BCUT2D eigenvalue weighted by Crippen LogP contribution is -2.23. The molecule has 1 amide bonds. The number of amides is 1. The van der Waals surface area contributed by atoms with Crippen LogP contribution in [0, 0.1) is 6.92 Å². The fraction of sp³-hybridized carbons (Fsp3) is 0.290. The van der Waals surface area contributed by atoms with Crippen LogP contribution < -0.4 is 16.4 Å². The molecule has 0 saturated heterocycles. The number of nitrogen functional groups attached to an aromatic ring is 1. The van der Waals surface area contributed by atoms with Gasteiger partial charge < -0.3 is 21.2 Å². The van der Waals surface area contributed by atoms with Crippen LogP contribution in [0.5, 0.6) is 0 Å². The molecule has 4 N–H and O–H groups in total. The van der Waals surface area contributed by atoms with E-state index in [1.165, 1.54) is 17.2 Å². The smallest absolute Gasteiger partial charge is 0.248 e. The highest BCUT2D eigenvalue weighted by Crippen LogP contribution is 2.22. The summed E-state index contributed by atoms with van der Waals surface area (Å²) in [4.78, 5) is 23.1. The van der Waals surface area contributed by atoms with Crippen molar-refractivity contribution in [3.05, 3.63) is 101 Å². The Hall–Kier alpha value is -3.70. The molecule has 3 rings (SSSR count). The molecule has 0 saturated carbocycles. The highest BCUT2D eigenvalue weighted by molar-refractivity contribution is 6.03. The number of carbonyl (C=O) groups is 2. The number of nitrogens with two attached hydrogens (primary N) is 1. The molecule has 3 aromatic rings. The molecule has 0 aliphatic heterocycles. The molecular formula is C31H39N3O2. The van der Waals surface area contributed by atoms with E-state index >= 15 is 0 Å². The van der Waals surface area contributed by atoms with Gasteiger partial charge in [-0.1, -0.05) is 93.9 Å². The van der Waals surface area contributed by atoms with E-state index in [-0.39, 0.29) is 17.4 Å². The van der Waals surface area contributed by atoms with E-state index < -0.39 is 0 Å². The van der Waals surface area contributed by atoms with Crippen molar-refractivity contribution in [1.82, 2.24) is 5.32 Å². The zero-order valence-electron chi connectivity index (χ0n) is 22.0. The zero-order chi connectivity index (χ0) is 26.6. The summed E-state index contributed by atoms with van der Waals surface area (Å²) in [6.07, 6.45) is 5.03. The Kier molecular flexibility index (Phi) is 11.1. The topological polar surface area (TPSA) is 84.2 Å². The molecule has 0 aliphatic rings. The predicted octanol–water partition coefficient (Wildman–Crippen LogP) is 6.45. The molecule has 0 fully saturated rings. The van der Waals surface area contributed by atoms with E-state index in [0.717, 1.165) is 30.4 Å². The van der Waals surface area contributed by atoms with Crippen molar-refractivity contribution in [2.45, 2.75) is 52.5 Å². The van der Waals surface area contributed by atoms with E-state index in [0.29, 0.717) is 11.4 Å². The van der Waals surface area contributed by atoms with Crippen molar-refractivity contribution in [2.24, 2.45) is 0 Å². The summed E-state index contributed by atoms with van der Waals surface area (Å²) in [5.74, 6) is -0.252. The fourth-order valence-electron chi connectivity index (χ4n) is 3.37. The van der Waals surface area contributed by atoms with Crippen LogP contribution in [0.25, 0.3) is 6.08 Å². The average Bonchev–Trinajstić information content (AvgIpc) is 2.85. The number of aldehydes is 1. The van der Waals surface area contributed by atoms with Crippen LogP contribution in [0.1, 0.15) is 62.4 Å². The minimum Gasteiger partial charge on any atom is -0.397 e. The first kappa shape index (κ1) is 28.5. The Balaban J connectivity index is 0.000000346. The summed E-state index contributed by atoms with van der Waals surface area (Å²) in [6, 6.07) is 23.1. The quantitative estimate of drug-likeness (QED) is 0.194. The number of anilines is 2. The van der Waals surface area contributed by atoms with Gasteiger partial charge in [0, 0.05) is 6.08 Å². The maximum absolute atomic E-state index is 12.0. The predicted molar refractivity (Wildman–Crippen MR) is 152 cm³/mol. The number of benzene rings is 3. The van der Waals surface area contributed by atoms with E-state index in [1.807, 2.05) is 36.4 Å². The molecule has 0 radical (unpaired) electrons. The maximum Gasteiger partial charge on any atom is 0.248 e. The van der Waals surface area contributed by atoms with Gasteiger partial charge in [-0.3, -0.25) is 4.79 Å². The third-order valence-corrected chi connectivity index (χ3v) is 5.61. The highest BCUT2D eigenvalue weighted by Gasteiger charge is 2.12. The lowest BCUT2D eigenvalue weighted by atomic mass is 9.87. The zero-order valence-corrected chi connectivity index (χ0v) is 22.0. The third-order valence-electron chi connectivity index (χ3n) is 5.61. The van der Waals surface area contributed by atoms with Gasteiger partial charge in [0.05, 0.1) is 17.4 Å². The molecular weight excluding hydrogens is 446 g/mol. The number of nitrogens with one attached hydrogen (secondary N) is 2. The van der Waals surface area contributed by atoms with Crippen LogP contribution in [-0.2, 0) is 15.0 Å². The summed E-state index contributed by atoms with van der Waals surface area (Å²) in [5.41, 5.74) is 11.7. The lowest BCUT2D eigenvalue weighted by molar-refractivity contribution is -0.112.